The van der Waals surface area contributed by atoms with Gasteiger partial charge in [-0.3, -0.25) is 0 Å². The predicted molar refractivity (Wildman–Crippen MR) is 67.8 cm³/mol. The van der Waals surface area contributed by atoms with Crippen LogP contribution in [-0.4, -0.2) is 4.98 Å². The second-order valence-corrected chi connectivity index (χ2v) is 5.03. The van der Waals surface area contributed by atoms with Crippen molar-refractivity contribution >= 4 is 10.8 Å². The fourth-order valence-corrected chi connectivity index (χ4v) is 2.22. The van der Waals surface area contributed by atoms with Crippen LogP contribution in [-0.2, 0) is 0 Å². The molecular formula is C15F11NO. The summed E-state index contributed by atoms with van der Waals surface area (Å²) in [6, 6.07) is 0. The Hall–Kier alpha value is -3.12. The maximum atomic E-state index is 14.0. The van der Waals surface area contributed by atoms with E-state index in [0.29, 0.717) is 0 Å². The van der Waals surface area contributed by atoms with Crippen LogP contribution in [0.2, 0.25) is 0 Å². The largest absolute Gasteiger partial charge is 0.447 e. The summed E-state index contributed by atoms with van der Waals surface area (Å²) >= 11 is 0. The fourth-order valence-electron chi connectivity index (χ4n) is 2.22. The molecule has 0 unspecified atom stereocenters. The van der Waals surface area contributed by atoms with E-state index in [0.717, 1.165) is 0 Å². The molecule has 2 aromatic carbocycles. The van der Waals surface area contributed by atoms with E-state index in [9.17, 15) is 48.3 Å². The first kappa shape index (κ1) is 19.6. The van der Waals surface area contributed by atoms with Crippen molar-refractivity contribution in [2.45, 2.75) is 0 Å². The van der Waals surface area contributed by atoms with E-state index >= 15 is 0 Å². The molecule has 3 aromatic rings. The summed E-state index contributed by atoms with van der Waals surface area (Å²) in [6.45, 7) is 0. The molecule has 0 atom stereocenters. The minimum absolute atomic E-state index is 1.97. The number of hydrogen-bond acceptors (Lipinski definition) is 2. The van der Waals surface area contributed by atoms with E-state index in [2.05, 4.69) is 9.72 Å². The van der Waals surface area contributed by atoms with Crippen LogP contribution in [0.5, 0.6) is 11.5 Å². The highest BCUT2D eigenvalue weighted by Gasteiger charge is 2.33. The Bertz CT molecular complexity index is 1130. The number of pyridine rings is 1. The molecule has 0 aliphatic carbocycles. The number of nitrogens with zero attached hydrogens (tertiary/aromatic N) is 1. The Kier molecular flexibility index (Phi) is 4.55. The van der Waals surface area contributed by atoms with E-state index < -0.39 is 86.5 Å². The zero-order valence-electron chi connectivity index (χ0n) is 12.5. The third-order valence-electron chi connectivity index (χ3n) is 3.46. The minimum atomic E-state index is -2.65. The molecule has 0 amide bonds. The van der Waals surface area contributed by atoms with Crippen LogP contribution in [0.3, 0.4) is 0 Å². The van der Waals surface area contributed by atoms with Crippen LogP contribution in [0.25, 0.3) is 10.8 Å². The number of ether oxygens (including phenoxy) is 1. The Morgan fingerprint density at radius 1 is 0.393 bits per heavy atom. The summed E-state index contributed by atoms with van der Waals surface area (Å²) in [6.07, 6.45) is 0. The van der Waals surface area contributed by atoms with E-state index in [4.69, 9.17) is 0 Å². The topological polar surface area (TPSA) is 22.1 Å². The van der Waals surface area contributed by atoms with E-state index in [1.807, 2.05) is 0 Å². The summed E-state index contributed by atoms with van der Waals surface area (Å²) < 4.78 is 153. The summed E-state index contributed by atoms with van der Waals surface area (Å²) in [5.41, 5.74) is 0. The van der Waals surface area contributed by atoms with Crippen molar-refractivity contribution in [3.8, 4) is 11.5 Å². The van der Waals surface area contributed by atoms with Crippen LogP contribution >= 0.6 is 0 Å². The molecule has 2 nitrogen and oxygen atoms in total. The van der Waals surface area contributed by atoms with Crippen LogP contribution in [0.15, 0.2) is 0 Å². The van der Waals surface area contributed by atoms with Crippen molar-refractivity contribution in [3.63, 3.8) is 0 Å². The van der Waals surface area contributed by atoms with Crippen LogP contribution < -0.4 is 4.74 Å². The van der Waals surface area contributed by atoms with Crippen LogP contribution in [0.1, 0.15) is 0 Å². The van der Waals surface area contributed by atoms with Gasteiger partial charge in [0.2, 0.25) is 23.2 Å². The van der Waals surface area contributed by atoms with Crippen molar-refractivity contribution in [2.75, 3.05) is 0 Å². The quantitative estimate of drug-likeness (QED) is 0.235. The molecule has 0 aliphatic rings. The van der Waals surface area contributed by atoms with Gasteiger partial charge in [0.05, 0.1) is 10.8 Å². The molecule has 1 heterocycles. The van der Waals surface area contributed by atoms with Crippen molar-refractivity contribution in [1.82, 2.24) is 4.98 Å². The predicted octanol–water partition coefficient (Wildman–Crippen LogP) is 5.56. The van der Waals surface area contributed by atoms with E-state index in [-0.39, 0.29) is 0 Å². The molecule has 0 aliphatic heterocycles. The van der Waals surface area contributed by atoms with Gasteiger partial charge in [-0.25, -0.2) is 26.3 Å². The lowest BCUT2D eigenvalue weighted by molar-refractivity contribution is 0.329. The van der Waals surface area contributed by atoms with Crippen molar-refractivity contribution in [3.05, 3.63) is 64.3 Å². The Morgan fingerprint density at radius 3 is 1.25 bits per heavy atom. The highest BCUT2D eigenvalue weighted by atomic mass is 19.2. The fraction of sp³-hybridized carbons (Fsp3) is 0. The number of fused-ring (bicyclic) bond motifs is 1. The summed E-state index contributed by atoms with van der Waals surface area (Å²) in [5.74, 6) is -32.0. The van der Waals surface area contributed by atoms with Gasteiger partial charge in [0, 0.05) is 0 Å². The molecule has 13 heteroatoms. The average molecular weight is 419 g/mol. The molecule has 0 fully saturated rings. The monoisotopic (exact) mass is 419 g/mol. The van der Waals surface area contributed by atoms with Gasteiger partial charge in [-0.05, 0) is 0 Å². The normalized spacial score (nSPS) is 11.4. The molecule has 28 heavy (non-hydrogen) atoms. The van der Waals surface area contributed by atoms with Gasteiger partial charge in [-0.1, -0.05) is 0 Å². The van der Waals surface area contributed by atoms with Gasteiger partial charge in [0.15, 0.2) is 40.7 Å². The third-order valence-corrected chi connectivity index (χ3v) is 3.46. The van der Waals surface area contributed by atoms with Gasteiger partial charge in [0.25, 0.3) is 11.9 Å². The first-order valence-corrected chi connectivity index (χ1v) is 6.68. The molecule has 1 aromatic heterocycles. The van der Waals surface area contributed by atoms with Crippen LogP contribution in [0, 0.1) is 64.3 Å². The maximum Gasteiger partial charge on any atom is 0.255 e. The molecule has 0 N–H and O–H groups in total. The first-order valence-electron chi connectivity index (χ1n) is 6.68. The van der Waals surface area contributed by atoms with Gasteiger partial charge in [0.1, 0.15) is 0 Å². The second kappa shape index (κ2) is 6.49. The molecule has 0 saturated carbocycles. The molecule has 0 spiro atoms. The zero-order valence-corrected chi connectivity index (χ0v) is 12.5. The smallest absolute Gasteiger partial charge is 0.255 e. The number of hydrogen-bond donors (Lipinski definition) is 0. The number of aromatic nitrogens is 1. The lowest BCUT2D eigenvalue weighted by Crippen LogP contribution is -2.08. The maximum absolute atomic E-state index is 14.0. The number of rotatable bonds is 2. The Labute approximate surface area is 145 Å². The summed E-state index contributed by atoms with van der Waals surface area (Å²) in [7, 11) is 0. The number of halogens is 11. The zero-order chi connectivity index (χ0) is 21.1. The molecule has 3 rings (SSSR count). The van der Waals surface area contributed by atoms with Gasteiger partial charge >= 0.3 is 0 Å². The molecule has 0 bridgehead atoms. The third kappa shape index (κ3) is 2.60. The molecular weight excluding hydrogens is 419 g/mol. The van der Waals surface area contributed by atoms with E-state index in [1.165, 1.54) is 0 Å². The average Bonchev–Trinajstić information content (AvgIpc) is 2.65. The van der Waals surface area contributed by atoms with Gasteiger partial charge in [-0.2, -0.15) is 26.9 Å². The number of benzene rings is 2. The van der Waals surface area contributed by atoms with Gasteiger partial charge < -0.3 is 4.74 Å². The molecule has 0 saturated heterocycles. The highest BCUT2D eigenvalue weighted by Crippen LogP contribution is 2.42. The lowest BCUT2D eigenvalue weighted by atomic mass is 10.1. The standard InChI is InChI=1S/C15F11NO/c16-3-1-2(5(18)7(20)6(3)19)12(9(22)8(21)4(1)17)28-13-10(23)14(25)27-15(26)11(13)24. The van der Waals surface area contributed by atoms with Crippen LogP contribution in [0.4, 0.5) is 48.3 Å². The van der Waals surface area contributed by atoms with E-state index in [1.54, 1.807) is 0 Å². The second-order valence-electron chi connectivity index (χ2n) is 5.03. The van der Waals surface area contributed by atoms with Crippen molar-refractivity contribution in [2.24, 2.45) is 0 Å². The minimum Gasteiger partial charge on any atom is -0.447 e. The molecule has 0 radical (unpaired) electrons. The first-order chi connectivity index (χ1) is 13.0. The lowest BCUT2D eigenvalue weighted by Gasteiger charge is -2.14. The van der Waals surface area contributed by atoms with Crippen molar-refractivity contribution < 1.29 is 53.0 Å². The molecule has 148 valence electrons. The summed E-state index contributed by atoms with van der Waals surface area (Å²) in [5, 5.41) is -4.00. The summed E-state index contributed by atoms with van der Waals surface area (Å²) in [4.78, 5) is 2.11. The SMILES string of the molecule is Fc1nc(F)c(F)c(Oc2c(F)c(F)c(F)c3c(F)c(F)c(F)c(F)c23)c1F. The highest BCUT2D eigenvalue weighted by molar-refractivity contribution is 5.91. The Balaban J connectivity index is 2.47. The van der Waals surface area contributed by atoms with Crippen molar-refractivity contribution in [1.29, 1.82) is 0 Å². The van der Waals surface area contributed by atoms with Gasteiger partial charge in [-0.15, -0.1) is 0 Å². The Morgan fingerprint density at radius 2 is 0.786 bits per heavy atom.